The van der Waals surface area contributed by atoms with Crippen LogP contribution in [-0.2, 0) is 19.1 Å². The fourth-order valence-electron chi connectivity index (χ4n) is 4.95. The number of amides is 4. The molecule has 2 atom stereocenters. The van der Waals surface area contributed by atoms with Gasteiger partial charge in [0.2, 0.25) is 0 Å². The Labute approximate surface area is 230 Å². The summed E-state index contributed by atoms with van der Waals surface area (Å²) in [5, 5.41) is 8.14. The van der Waals surface area contributed by atoms with Crippen LogP contribution in [0.5, 0.6) is 0 Å². The van der Waals surface area contributed by atoms with E-state index in [4.69, 9.17) is 9.47 Å². The summed E-state index contributed by atoms with van der Waals surface area (Å²) >= 11 is 0. The molecule has 2 heterocycles. The largest absolute Gasteiger partial charge is 0.444 e. The predicted octanol–water partition coefficient (Wildman–Crippen LogP) is 4.61. The summed E-state index contributed by atoms with van der Waals surface area (Å²) in [7, 11) is 0. The lowest BCUT2D eigenvalue weighted by Crippen LogP contribution is -2.58. The van der Waals surface area contributed by atoms with Crippen molar-refractivity contribution < 1.29 is 28.7 Å². The summed E-state index contributed by atoms with van der Waals surface area (Å²) in [6, 6.07) is 1.58. The lowest BCUT2D eigenvalue weighted by Gasteiger charge is -2.48. The Bertz CT molecular complexity index is 1090. The summed E-state index contributed by atoms with van der Waals surface area (Å²) in [4.78, 5) is 56.3. The predicted molar refractivity (Wildman–Crippen MR) is 147 cm³/mol. The summed E-state index contributed by atoms with van der Waals surface area (Å²) in [6.45, 7) is 15.1. The molecule has 0 aromatic carbocycles. The molecule has 1 aliphatic heterocycles. The maximum absolute atomic E-state index is 13.3. The number of nitrogens with zero attached hydrogens (tertiary/aromatic N) is 2. The molecule has 1 saturated carbocycles. The number of hydrogen-bond acceptors (Lipinski definition) is 7. The first kappa shape index (κ1) is 30.2. The first-order chi connectivity index (χ1) is 18.0. The average molecular weight is 546 g/mol. The zero-order chi connectivity index (χ0) is 29.1. The van der Waals surface area contributed by atoms with Gasteiger partial charge < -0.3 is 25.0 Å². The highest BCUT2D eigenvalue weighted by Gasteiger charge is 2.43. The van der Waals surface area contributed by atoms with E-state index in [1.165, 1.54) is 6.20 Å². The van der Waals surface area contributed by atoms with Crippen LogP contribution in [0.1, 0.15) is 79.7 Å². The number of piperidine rings is 1. The monoisotopic (exact) mass is 545 g/mol. The van der Waals surface area contributed by atoms with Crippen molar-refractivity contribution in [2.45, 2.75) is 104 Å². The van der Waals surface area contributed by atoms with E-state index >= 15 is 0 Å². The van der Waals surface area contributed by atoms with Gasteiger partial charge in [-0.05, 0) is 97.6 Å². The third-order valence-corrected chi connectivity index (χ3v) is 6.71. The molecule has 1 aromatic heterocycles. The van der Waals surface area contributed by atoms with Gasteiger partial charge in [0.1, 0.15) is 17.0 Å². The van der Waals surface area contributed by atoms with E-state index in [2.05, 4.69) is 27.9 Å². The number of ether oxygens (including phenoxy) is 2. The molecule has 4 amide bonds. The number of anilines is 2. The molecular formula is C28H43N5O6. The Morgan fingerprint density at radius 2 is 1.56 bits per heavy atom. The number of aromatic nitrogens is 1. The number of aryl methyl sites for hydroxylation is 1. The number of nitrogens with one attached hydrogen (secondary N) is 3. The van der Waals surface area contributed by atoms with E-state index in [0.717, 1.165) is 25.7 Å². The lowest BCUT2D eigenvalue weighted by molar-refractivity contribution is -0.148. The van der Waals surface area contributed by atoms with Crippen molar-refractivity contribution in [2.24, 2.45) is 11.8 Å². The average Bonchev–Trinajstić information content (AvgIpc) is 2.75. The molecule has 3 rings (SSSR count). The molecule has 39 heavy (non-hydrogen) atoms. The minimum absolute atomic E-state index is 0.00293. The van der Waals surface area contributed by atoms with Gasteiger partial charge in [0.25, 0.3) is 0 Å². The molecule has 0 radical (unpaired) electrons. The Morgan fingerprint density at radius 1 is 0.949 bits per heavy atom. The van der Waals surface area contributed by atoms with Gasteiger partial charge in [-0.1, -0.05) is 6.92 Å². The highest BCUT2D eigenvalue weighted by atomic mass is 16.6. The highest BCUT2D eigenvalue weighted by molar-refractivity contribution is 6.39. The number of rotatable bonds is 4. The highest BCUT2D eigenvalue weighted by Crippen LogP contribution is 2.38. The van der Waals surface area contributed by atoms with Crippen molar-refractivity contribution >= 4 is 35.5 Å². The molecule has 0 bridgehead atoms. The van der Waals surface area contributed by atoms with Gasteiger partial charge in [-0.15, -0.1) is 0 Å². The van der Waals surface area contributed by atoms with Crippen molar-refractivity contribution in [3.8, 4) is 0 Å². The standard InChI is InChI=1S/C28H43N5O6/c1-16-9-10-21(18-12-19(13-18)31-25(36)38-27(3,4)5)33(15-16)24(35)23(34)30-20-11-17(2)22(29-14-20)32-26(37)39-28(6,7)8/h11,14,16,18-19,21H,9-10,12-13,15H2,1-8H3,(H,30,34)(H,31,36)(H,29,32,37)/t16?,18-,19-,21?. The molecule has 0 spiro atoms. The van der Waals surface area contributed by atoms with Gasteiger partial charge in [0.05, 0.1) is 11.9 Å². The van der Waals surface area contributed by atoms with Gasteiger partial charge in [0.15, 0.2) is 0 Å². The van der Waals surface area contributed by atoms with Crippen LogP contribution in [0.25, 0.3) is 0 Å². The molecule has 216 valence electrons. The minimum atomic E-state index is -0.731. The number of carbonyl (C=O) groups is 4. The maximum atomic E-state index is 13.3. The SMILES string of the molecule is Cc1cc(NC(=O)C(=O)N2CC(C)CCC2[C@H]2C[C@H](NC(=O)OC(C)(C)C)C2)cnc1NC(=O)OC(C)(C)C. The quantitative estimate of drug-likeness (QED) is 0.470. The van der Waals surface area contributed by atoms with Gasteiger partial charge in [-0.2, -0.15) is 0 Å². The number of pyridine rings is 1. The fourth-order valence-corrected chi connectivity index (χ4v) is 4.95. The Hall–Kier alpha value is -3.37. The summed E-state index contributed by atoms with van der Waals surface area (Å²) < 4.78 is 10.6. The van der Waals surface area contributed by atoms with E-state index in [1.807, 2.05) is 20.8 Å². The summed E-state index contributed by atoms with van der Waals surface area (Å²) in [5.41, 5.74) is -0.252. The molecule has 11 heteroatoms. The summed E-state index contributed by atoms with van der Waals surface area (Å²) in [6.07, 6.45) is 3.58. The third kappa shape index (κ3) is 8.83. The number of alkyl carbamates (subject to hydrolysis) is 1. The van der Waals surface area contributed by atoms with Crippen molar-refractivity contribution in [3.05, 3.63) is 17.8 Å². The van der Waals surface area contributed by atoms with Crippen LogP contribution in [0.2, 0.25) is 0 Å². The molecule has 1 saturated heterocycles. The molecule has 2 aliphatic rings. The smallest absolute Gasteiger partial charge is 0.413 e. The van der Waals surface area contributed by atoms with Crippen molar-refractivity contribution in [3.63, 3.8) is 0 Å². The lowest BCUT2D eigenvalue weighted by atomic mass is 9.72. The number of hydrogen-bond donors (Lipinski definition) is 3. The van der Waals surface area contributed by atoms with E-state index in [-0.39, 0.29) is 23.9 Å². The topological polar surface area (TPSA) is 139 Å². The van der Waals surface area contributed by atoms with E-state index < -0.39 is 35.2 Å². The molecule has 11 nitrogen and oxygen atoms in total. The Balaban J connectivity index is 1.58. The van der Waals surface area contributed by atoms with Crippen LogP contribution in [0, 0.1) is 18.8 Å². The van der Waals surface area contributed by atoms with Crippen molar-refractivity contribution in [2.75, 3.05) is 17.2 Å². The second-order valence-electron chi connectivity index (χ2n) is 12.8. The van der Waals surface area contributed by atoms with E-state index in [0.29, 0.717) is 23.6 Å². The van der Waals surface area contributed by atoms with Gasteiger partial charge in [-0.25, -0.2) is 14.6 Å². The Morgan fingerprint density at radius 3 is 2.15 bits per heavy atom. The second kappa shape index (κ2) is 11.8. The molecule has 2 unspecified atom stereocenters. The zero-order valence-corrected chi connectivity index (χ0v) is 24.3. The molecule has 2 fully saturated rings. The number of likely N-dealkylation sites (tertiary alicyclic amines) is 1. The molecule has 1 aliphatic carbocycles. The van der Waals surface area contributed by atoms with Crippen LogP contribution in [-0.4, -0.2) is 63.7 Å². The first-order valence-corrected chi connectivity index (χ1v) is 13.6. The maximum Gasteiger partial charge on any atom is 0.413 e. The van der Waals surface area contributed by atoms with E-state index in [9.17, 15) is 19.2 Å². The molecule has 1 aromatic rings. The van der Waals surface area contributed by atoms with Gasteiger partial charge >= 0.3 is 24.0 Å². The van der Waals surface area contributed by atoms with Crippen molar-refractivity contribution in [1.29, 1.82) is 0 Å². The molecule has 3 N–H and O–H groups in total. The first-order valence-electron chi connectivity index (χ1n) is 13.6. The van der Waals surface area contributed by atoms with Crippen LogP contribution in [0.4, 0.5) is 21.1 Å². The minimum Gasteiger partial charge on any atom is -0.444 e. The zero-order valence-electron chi connectivity index (χ0n) is 24.3. The second-order valence-corrected chi connectivity index (χ2v) is 12.8. The van der Waals surface area contributed by atoms with Gasteiger partial charge in [-0.3, -0.25) is 14.9 Å². The summed E-state index contributed by atoms with van der Waals surface area (Å²) in [5.74, 6) is -0.514. The third-order valence-electron chi connectivity index (χ3n) is 6.71. The van der Waals surface area contributed by atoms with Crippen LogP contribution in [0.3, 0.4) is 0 Å². The van der Waals surface area contributed by atoms with Crippen LogP contribution in [0.15, 0.2) is 12.3 Å². The Kier molecular flexibility index (Phi) is 9.12. The normalized spacial score (nSPS) is 23.2. The van der Waals surface area contributed by atoms with Gasteiger partial charge in [0, 0.05) is 18.6 Å². The van der Waals surface area contributed by atoms with Crippen molar-refractivity contribution in [1.82, 2.24) is 15.2 Å². The van der Waals surface area contributed by atoms with E-state index in [1.54, 1.807) is 38.7 Å². The van der Waals surface area contributed by atoms with Crippen LogP contribution < -0.4 is 16.0 Å². The number of carbonyl (C=O) groups excluding carboxylic acids is 4. The van der Waals surface area contributed by atoms with Crippen LogP contribution >= 0.6 is 0 Å². The molecular weight excluding hydrogens is 502 g/mol. The fraction of sp³-hybridized carbons (Fsp3) is 0.679.